The number of fused-ring (bicyclic) bond motifs is 1. The van der Waals surface area contributed by atoms with Crippen molar-refractivity contribution in [3.63, 3.8) is 0 Å². The molecule has 1 fully saturated rings. The van der Waals surface area contributed by atoms with E-state index in [4.69, 9.17) is 10.7 Å². The van der Waals surface area contributed by atoms with Crippen LogP contribution in [0.2, 0.25) is 0 Å². The molecule has 3 rings (SSSR count). The third-order valence-electron chi connectivity index (χ3n) is 3.50. The Hall–Kier alpha value is -0.920. The first-order valence-corrected chi connectivity index (χ1v) is 7.40. The van der Waals surface area contributed by atoms with Crippen LogP contribution in [0.25, 0.3) is 11.0 Å². The van der Waals surface area contributed by atoms with Crippen molar-refractivity contribution in [3.8, 4) is 0 Å². The van der Waals surface area contributed by atoms with Gasteiger partial charge in [-0.2, -0.15) is 5.10 Å². The summed E-state index contributed by atoms with van der Waals surface area (Å²) in [7, 11) is 0. The van der Waals surface area contributed by atoms with Gasteiger partial charge < -0.3 is 5.73 Å². The lowest BCUT2D eigenvalue weighted by molar-refractivity contribution is 0.487. The summed E-state index contributed by atoms with van der Waals surface area (Å²) < 4.78 is 2.88. The number of halogens is 1. The molecule has 1 saturated carbocycles. The first-order chi connectivity index (χ1) is 8.61. The summed E-state index contributed by atoms with van der Waals surface area (Å²) in [5.74, 6) is 1.97. The van der Waals surface area contributed by atoms with Crippen molar-refractivity contribution in [1.29, 1.82) is 0 Å². The van der Waals surface area contributed by atoms with E-state index in [1.807, 2.05) is 4.68 Å². The molecule has 0 amide bonds. The van der Waals surface area contributed by atoms with E-state index >= 15 is 0 Å². The van der Waals surface area contributed by atoms with Crippen LogP contribution in [0.5, 0.6) is 0 Å². The standard InChI is InChI=1S/C12H16IN5/c1-3-6(2)18-12-8(9(13)17-18)10(14)15-11(16-12)7-4-5-7/h6-7H,3-5H2,1-2H3,(H2,14,15,16)/t6-/m1/s1. The number of nitrogens with zero attached hydrogens (tertiary/aromatic N) is 4. The average molecular weight is 357 g/mol. The van der Waals surface area contributed by atoms with Gasteiger partial charge in [-0.1, -0.05) is 6.92 Å². The minimum atomic E-state index is 0.331. The monoisotopic (exact) mass is 357 g/mol. The molecule has 0 aromatic carbocycles. The Balaban J connectivity index is 2.24. The van der Waals surface area contributed by atoms with E-state index in [1.165, 1.54) is 12.8 Å². The van der Waals surface area contributed by atoms with E-state index in [1.54, 1.807) is 0 Å². The second-order valence-electron chi connectivity index (χ2n) is 4.93. The fraction of sp³-hybridized carbons (Fsp3) is 0.583. The van der Waals surface area contributed by atoms with Crippen molar-refractivity contribution in [2.75, 3.05) is 5.73 Å². The highest BCUT2D eigenvalue weighted by Crippen LogP contribution is 2.39. The molecule has 2 N–H and O–H groups in total. The molecule has 96 valence electrons. The van der Waals surface area contributed by atoms with Crippen LogP contribution >= 0.6 is 22.6 Å². The predicted octanol–water partition coefficient (Wildman–Crippen LogP) is 2.86. The molecule has 0 bridgehead atoms. The van der Waals surface area contributed by atoms with Crippen LogP contribution < -0.4 is 5.73 Å². The van der Waals surface area contributed by atoms with Crippen molar-refractivity contribution in [2.45, 2.75) is 45.1 Å². The van der Waals surface area contributed by atoms with Crippen LogP contribution in [0, 0.1) is 3.70 Å². The zero-order valence-corrected chi connectivity index (χ0v) is 12.7. The Labute approximate surface area is 119 Å². The highest BCUT2D eigenvalue weighted by Gasteiger charge is 2.29. The van der Waals surface area contributed by atoms with Crippen LogP contribution in [0.3, 0.4) is 0 Å². The summed E-state index contributed by atoms with van der Waals surface area (Å²) in [5, 5.41) is 5.47. The highest BCUT2D eigenvalue weighted by molar-refractivity contribution is 14.1. The second kappa shape index (κ2) is 4.32. The minimum absolute atomic E-state index is 0.331. The van der Waals surface area contributed by atoms with Gasteiger partial charge >= 0.3 is 0 Å². The Morgan fingerprint density at radius 3 is 2.78 bits per heavy atom. The van der Waals surface area contributed by atoms with Gasteiger partial charge in [-0.25, -0.2) is 14.6 Å². The summed E-state index contributed by atoms with van der Waals surface area (Å²) in [4.78, 5) is 9.12. The minimum Gasteiger partial charge on any atom is -0.383 e. The van der Waals surface area contributed by atoms with Gasteiger partial charge in [0.1, 0.15) is 15.3 Å². The summed E-state index contributed by atoms with van der Waals surface area (Å²) in [6.07, 6.45) is 3.38. The Bertz CT molecular complexity index is 602. The van der Waals surface area contributed by atoms with Gasteiger partial charge in [-0.15, -0.1) is 0 Å². The average Bonchev–Trinajstić information content (AvgIpc) is 3.13. The first-order valence-electron chi connectivity index (χ1n) is 6.33. The van der Waals surface area contributed by atoms with Crippen molar-refractivity contribution in [2.24, 2.45) is 0 Å². The summed E-state index contributed by atoms with van der Waals surface area (Å²) in [5.41, 5.74) is 6.96. The zero-order chi connectivity index (χ0) is 12.9. The quantitative estimate of drug-likeness (QED) is 0.858. The van der Waals surface area contributed by atoms with E-state index in [0.717, 1.165) is 27.0 Å². The normalized spacial score (nSPS) is 17.3. The maximum absolute atomic E-state index is 6.07. The van der Waals surface area contributed by atoms with Gasteiger partial charge in [0, 0.05) is 5.92 Å². The van der Waals surface area contributed by atoms with Gasteiger partial charge in [0.2, 0.25) is 0 Å². The second-order valence-corrected chi connectivity index (χ2v) is 5.95. The molecule has 0 unspecified atom stereocenters. The summed E-state index contributed by atoms with van der Waals surface area (Å²) in [6, 6.07) is 0.331. The lowest BCUT2D eigenvalue weighted by atomic mass is 10.2. The molecule has 1 atom stereocenters. The van der Waals surface area contributed by atoms with Crippen LogP contribution in [0.4, 0.5) is 5.82 Å². The van der Waals surface area contributed by atoms with Crippen molar-refractivity contribution in [1.82, 2.24) is 19.7 Å². The van der Waals surface area contributed by atoms with Gasteiger partial charge in [-0.3, -0.25) is 0 Å². The summed E-state index contributed by atoms with van der Waals surface area (Å²) in [6.45, 7) is 4.30. The predicted molar refractivity (Wildman–Crippen MR) is 79.4 cm³/mol. The highest BCUT2D eigenvalue weighted by atomic mass is 127. The Morgan fingerprint density at radius 1 is 1.44 bits per heavy atom. The third kappa shape index (κ3) is 1.86. The molecular weight excluding hydrogens is 341 g/mol. The first kappa shape index (κ1) is 12.1. The van der Waals surface area contributed by atoms with Crippen LogP contribution in [-0.4, -0.2) is 19.7 Å². The van der Waals surface area contributed by atoms with Gasteiger partial charge in [0.05, 0.1) is 11.4 Å². The number of nitrogen functional groups attached to an aromatic ring is 1. The smallest absolute Gasteiger partial charge is 0.165 e. The lowest BCUT2D eigenvalue weighted by Crippen LogP contribution is -2.08. The largest absolute Gasteiger partial charge is 0.383 e. The number of hydrogen-bond donors (Lipinski definition) is 1. The number of rotatable bonds is 3. The van der Waals surface area contributed by atoms with Crippen LogP contribution in [0.15, 0.2) is 0 Å². The molecule has 2 aromatic heterocycles. The molecule has 1 aliphatic carbocycles. The molecule has 0 spiro atoms. The molecule has 0 aliphatic heterocycles. The fourth-order valence-electron chi connectivity index (χ4n) is 2.04. The van der Waals surface area contributed by atoms with E-state index in [-0.39, 0.29) is 0 Å². The molecule has 2 heterocycles. The van der Waals surface area contributed by atoms with E-state index in [9.17, 15) is 0 Å². The molecule has 0 saturated heterocycles. The number of aromatic nitrogens is 4. The lowest BCUT2D eigenvalue weighted by Gasteiger charge is -2.10. The van der Waals surface area contributed by atoms with Crippen LogP contribution in [-0.2, 0) is 0 Å². The molecule has 18 heavy (non-hydrogen) atoms. The zero-order valence-electron chi connectivity index (χ0n) is 10.5. The van der Waals surface area contributed by atoms with E-state index in [2.05, 4.69) is 46.5 Å². The molecule has 2 aromatic rings. The number of anilines is 1. The van der Waals surface area contributed by atoms with Gasteiger partial charge in [0.15, 0.2) is 5.65 Å². The third-order valence-corrected chi connectivity index (χ3v) is 4.26. The molecular formula is C12H16IN5. The SMILES string of the molecule is CC[C@@H](C)n1nc(I)c2c(N)nc(C3CC3)nc21. The van der Waals surface area contributed by atoms with E-state index in [0.29, 0.717) is 17.8 Å². The van der Waals surface area contributed by atoms with Crippen molar-refractivity contribution in [3.05, 3.63) is 9.53 Å². The number of hydrogen-bond acceptors (Lipinski definition) is 4. The van der Waals surface area contributed by atoms with Gasteiger partial charge in [-0.05, 0) is 48.8 Å². The van der Waals surface area contributed by atoms with Crippen LogP contribution in [0.1, 0.15) is 50.9 Å². The maximum Gasteiger partial charge on any atom is 0.165 e. The molecule has 0 radical (unpaired) electrons. The molecule has 5 nitrogen and oxygen atoms in total. The summed E-state index contributed by atoms with van der Waals surface area (Å²) >= 11 is 2.21. The van der Waals surface area contributed by atoms with Crippen molar-refractivity contribution >= 4 is 39.4 Å². The molecule has 1 aliphatic rings. The van der Waals surface area contributed by atoms with Crippen molar-refractivity contribution < 1.29 is 0 Å². The molecule has 6 heteroatoms. The van der Waals surface area contributed by atoms with E-state index < -0.39 is 0 Å². The topological polar surface area (TPSA) is 69.6 Å². The Morgan fingerprint density at radius 2 is 2.17 bits per heavy atom. The maximum atomic E-state index is 6.07. The number of nitrogens with two attached hydrogens (primary N) is 1. The Kier molecular flexibility index (Phi) is 2.91. The van der Waals surface area contributed by atoms with Gasteiger partial charge in [0.25, 0.3) is 0 Å². The fourth-order valence-corrected chi connectivity index (χ4v) is 2.79.